The van der Waals surface area contributed by atoms with Crippen molar-refractivity contribution in [3.05, 3.63) is 0 Å². The van der Waals surface area contributed by atoms with Crippen LogP contribution in [-0.4, -0.2) is 82.6 Å². The Bertz CT molecular complexity index is 373. The molecule has 0 bridgehead atoms. The molecular weight excluding hydrogens is 299 g/mol. The van der Waals surface area contributed by atoms with Gasteiger partial charge in [-0.05, 0) is 13.8 Å². The van der Waals surface area contributed by atoms with Gasteiger partial charge >= 0.3 is 53.6 Å². The predicted molar refractivity (Wildman–Crippen MR) is 69.1 cm³/mol. The van der Waals surface area contributed by atoms with Crippen molar-refractivity contribution in [3.8, 4) is 0 Å². The fourth-order valence-electron chi connectivity index (χ4n) is 1.39. The summed E-state index contributed by atoms with van der Waals surface area (Å²) in [5.74, 6) is -3.78. The van der Waals surface area contributed by atoms with E-state index in [-0.39, 0.29) is 42.8 Å². The Kier molecular flexibility index (Phi) is 10.9. The van der Waals surface area contributed by atoms with Crippen LogP contribution in [0.5, 0.6) is 0 Å². The molecule has 0 fully saturated rings. The van der Waals surface area contributed by atoms with E-state index in [0.29, 0.717) is 0 Å². The van der Waals surface area contributed by atoms with E-state index >= 15 is 0 Å². The monoisotopic (exact) mass is 316 g/mol. The molecule has 0 heterocycles. The third-order valence-corrected chi connectivity index (χ3v) is 2.14. The number of ether oxygens (including phenoxy) is 3. The summed E-state index contributed by atoms with van der Waals surface area (Å²) in [6, 6.07) is 0. The van der Waals surface area contributed by atoms with E-state index in [0.717, 1.165) is 0 Å². The topological polar surface area (TPSA) is 136 Å². The number of hydrogen-bond donors (Lipinski definition) is 2. The first-order valence-corrected chi connectivity index (χ1v) is 5.74. The fourth-order valence-corrected chi connectivity index (χ4v) is 1.39. The van der Waals surface area contributed by atoms with E-state index in [1.54, 1.807) is 0 Å². The summed E-state index contributed by atoms with van der Waals surface area (Å²) in [7, 11) is 0. The van der Waals surface area contributed by atoms with Gasteiger partial charge in [-0.1, -0.05) is 0 Å². The van der Waals surface area contributed by atoms with Crippen LogP contribution in [0.1, 0.15) is 26.7 Å². The first kappa shape index (κ1) is 22.0. The fraction of sp³-hybridized carbons (Fsp3) is 0.636. The third-order valence-electron chi connectivity index (χ3n) is 2.14. The average molecular weight is 316 g/mol. The molecule has 0 aromatic heterocycles. The van der Waals surface area contributed by atoms with Crippen molar-refractivity contribution in [3.63, 3.8) is 0 Å². The van der Waals surface area contributed by atoms with E-state index < -0.39 is 42.5 Å². The number of esters is 2. The van der Waals surface area contributed by atoms with Crippen molar-refractivity contribution >= 4 is 53.6 Å². The molecule has 0 saturated carbocycles. The molecule has 21 heavy (non-hydrogen) atoms. The molecule has 0 aliphatic rings. The molecule has 0 aromatic rings. The molecule has 0 aromatic carbocycles. The summed E-state index contributed by atoms with van der Waals surface area (Å²) in [6.07, 6.45) is -3.79. The van der Waals surface area contributed by atoms with Gasteiger partial charge in [0.05, 0.1) is 26.1 Å². The molecule has 0 aliphatic heterocycles. The second kappa shape index (κ2) is 10.4. The number of carbonyl (C=O) groups is 4. The van der Waals surface area contributed by atoms with Gasteiger partial charge in [-0.2, -0.15) is 0 Å². The first-order valence-electron chi connectivity index (χ1n) is 5.74. The Morgan fingerprint density at radius 3 is 1.52 bits per heavy atom. The number of carbonyl (C=O) groups excluding carboxylic acids is 2. The van der Waals surface area contributed by atoms with Crippen LogP contribution in [0.3, 0.4) is 0 Å². The molecule has 2 N–H and O–H groups in total. The second-order valence-corrected chi connectivity index (χ2v) is 3.63. The molecule has 0 unspecified atom stereocenters. The number of carboxylic acid groups (broad SMARTS) is 2. The van der Waals surface area contributed by atoms with Crippen LogP contribution >= 0.6 is 0 Å². The first-order chi connectivity index (χ1) is 9.27. The summed E-state index contributed by atoms with van der Waals surface area (Å²) in [5, 5.41) is 17.7. The van der Waals surface area contributed by atoms with Gasteiger partial charge in [-0.15, -0.1) is 0 Å². The standard InChI is InChI=1S/C11H16O9.Na.H/c1-3-18-7(12)5-11(9(14)15,20-10(16)17)6-8(13)19-4-2;;/h3-6H2,1-2H3,(H,14,15)(H,16,17);;. The van der Waals surface area contributed by atoms with E-state index in [9.17, 15) is 19.2 Å². The molecule has 0 amide bonds. The van der Waals surface area contributed by atoms with Crippen molar-refractivity contribution in [2.24, 2.45) is 0 Å². The van der Waals surface area contributed by atoms with Crippen LogP contribution in [0.2, 0.25) is 0 Å². The van der Waals surface area contributed by atoms with Crippen molar-refractivity contribution in [2.75, 3.05) is 13.2 Å². The molecular formula is C11H17NaO9. The van der Waals surface area contributed by atoms with Crippen molar-refractivity contribution in [2.45, 2.75) is 32.3 Å². The van der Waals surface area contributed by atoms with Gasteiger partial charge in [0.2, 0.25) is 5.60 Å². The number of hydrogen-bond acceptors (Lipinski definition) is 7. The van der Waals surface area contributed by atoms with Gasteiger partial charge in [0, 0.05) is 0 Å². The zero-order valence-electron chi connectivity index (χ0n) is 11.1. The molecule has 0 aliphatic carbocycles. The normalized spacial score (nSPS) is 10.0. The van der Waals surface area contributed by atoms with Crippen molar-refractivity contribution in [1.29, 1.82) is 0 Å². The number of aliphatic carboxylic acids is 1. The maximum absolute atomic E-state index is 11.4. The van der Waals surface area contributed by atoms with Crippen LogP contribution in [0.25, 0.3) is 0 Å². The summed E-state index contributed by atoms with van der Waals surface area (Å²) >= 11 is 0. The van der Waals surface area contributed by atoms with Crippen molar-refractivity contribution < 1.29 is 43.6 Å². The molecule has 10 heteroatoms. The van der Waals surface area contributed by atoms with Crippen LogP contribution in [0.15, 0.2) is 0 Å². The summed E-state index contributed by atoms with van der Waals surface area (Å²) in [4.78, 5) is 44.6. The molecule has 9 nitrogen and oxygen atoms in total. The van der Waals surface area contributed by atoms with Crippen LogP contribution in [-0.2, 0) is 28.6 Å². The zero-order valence-corrected chi connectivity index (χ0v) is 11.1. The molecule has 0 saturated heterocycles. The van der Waals surface area contributed by atoms with Gasteiger partial charge in [0.25, 0.3) is 0 Å². The SMILES string of the molecule is CCOC(=O)CC(CC(=O)OCC)(OC(=O)O)C(=O)O.[NaH]. The Morgan fingerprint density at radius 1 is 0.905 bits per heavy atom. The Hall–Kier alpha value is -1.32. The quantitative estimate of drug-likeness (QED) is 0.353. The molecule has 0 radical (unpaired) electrons. The van der Waals surface area contributed by atoms with Gasteiger partial charge in [-0.3, -0.25) is 9.59 Å². The average Bonchev–Trinajstić information content (AvgIpc) is 2.27. The van der Waals surface area contributed by atoms with E-state index in [1.807, 2.05) is 0 Å². The second-order valence-electron chi connectivity index (χ2n) is 3.63. The van der Waals surface area contributed by atoms with E-state index in [4.69, 9.17) is 10.2 Å². The third kappa shape index (κ3) is 7.88. The van der Waals surface area contributed by atoms with Gasteiger partial charge < -0.3 is 24.4 Å². The van der Waals surface area contributed by atoms with E-state index in [2.05, 4.69) is 14.2 Å². The van der Waals surface area contributed by atoms with Crippen LogP contribution in [0, 0.1) is 0 Å². The number of rotatable bonds is 8. The van der Waals surface area contributed by atoms with E-state index in [1.165, 1.54) is 13.8 Å². The minimum absolute atomic E-state index is 0. The van der Waals surface area contributed by atoms with Crippen molar-refractivity contribution in [1.82, 2.24) is 0 Å². The Morgan fingerprint density at radius 2 is 1.29 bits per heavy atom. The Balaban J connectivity index is 0. The maximum atomic E-state index is 11.4. The predicted octanol–water partition coefficient (Wildman–Crippen LogP) is -0.238. The zero-order chi connectivity index (χ0) is 15.8. The molecule has 0 spiro atoms. The van der Waals surface area contributed by atoms with Gasteiger partial charge in [-0.25, -0.2) is 9.59 Å². The van der Waals surface area contributed by atoms with Gasteiger partial charge in [0.1, 0.15) is 0 Å². The van der Waals surface area contributed by atoms with Crippen LogP contribution < -0.4 is 0 Å². The molecule has 0 atom stereocenters. The summed E-state index contributed by atoms with van der Waals surface area (Å²) in [6.45, 7) is 2.93. The summed E-state index contributed by atoms with van der Waals surface area (Å²) in [5.41, 5.74) is -2.57. The van der Waals surface area contributed by atoms with Gasteiger partial charge in [0.15, 0.2) is 0 Å². The summed E-state index contributed by atoms with van der Waals surface area (Å²) < 4.78 is 13.3. The molecule has 116 valence electrons. The number of carboxylic acids is 1. The minimum atomic E-state index is -2.57. The Labute approximate surface area is 142 Å². The van der Waals surface area contributed by atoms with Crippen LogP contribution in [0.4, 0.5) is 4.79 Å². The molecule has 0 rings (SSSR count).